The molecule has 172 valence electrons. The molecule has 3 aromatic heterocycles. The van der Waals surface area contributed by atoms with Crippen molar-refractivity contribution < 1.29 is 9.13 Å². The van der Waals surface area contributed by atoms with Crippen LogP contribution in [0.3, 0.4) is 0 Å². The van der Waals surface area contributed by atoms with E-state index in [0.29, 0.717) is 24.1 Å². The Morgan fingerprint density at radius 1 is 1.18 bits per heavy atom. The number of nitrogens with one attached hydrogen (secondary N) is 2. The predicted octanol–water partition coefficient (Wildman–Crippen LogP) is 4.24. The molecule has 1 aliphatic rings. The van der Waals surface area contributed by atoms with Crippen molar-refractivity contribution in [3.8, 4) is 0 Å². The van der Waals surface area contributed by atoms with Crippen LogP contribution in [-0.4, -0.2) is 55.9 Å². The number of ether oxygens (including phenoxy) is 1. The molecule has 4 aromatic rings. The average molecular weight is 450 g/mol. The van der Waals surface area contributed by atoms with Crippen molar-refractivity contribution in [3.63, 3.8) is 0 Å². The Morgan fingerprint density at radius 2 is 2.00 bits per heavy atom. The number of hydrogen-bond acceptors (Lipinski definition) is 6. The van der Waals surface area contributed by atoms with Gasteiger partial charge < -0.3 is 15.0 Å². The van der Waals surface area contributed by atoms with Gasteiger partial charge in [0, 0.05) is 31.1 Å². The summed E-state index contributed by atoms with van der Waals surface area (Å²) in [4.78, 5) is 7.27. The lowest BCUT2D eigenvalue weighted by Gasteiger charge is -2.20. The molecule has 8 nitrogen and oxygen atoms in total. The van der Waals surface area contributed by atoms with Crippen molar-refractivity contribution in [2.75, 3.05) is 31.6 Å². The number of halogens is 1. The van der Waals surface area contributed by atoms with Crippen LogP contribution in [0.2, 0.25) is 0 Å². The highest BCUT2D eigenvalue weighted by Gasteiger charge is 2.22. The normalized spacial score (nSPS) is 15.3. The first-order chi connectivity index (χ1) is 16.2. The zero-order valence-corrected chi connectivity index (χ0v) is 18.7. The number of rotatable bonds is 9. The van der Waals surface area contributed by atoms with Gasteiger partial charge in [0.05, 0.1) is 0 Å². The molecular formula is C24H28FN7O. The van der Waals surface area contributed by atoms with Crippen molar-refractivity contribution >= 4 is 17.2 Å². The molecule has 1 aromatic carbocycles. The molecule has 9 heteroatoms. The van der Waals surface area contributed by atoms with Crippen LogP contribution in [0.25, 0.3) is 5.52 Å². The van der Waals surface area contributed by atoms with Crippen LogP contribution in [0.15, 0.2) is 48.7 Å². The lowest BCUT2D eigenvalue weighted by molar-refractivity contribution is 0.0668. The number of likely N-dealkylation sites (tertiary alicyclic amines) is 1. The quantitative estimate of drug-likeness (QED) is 0.372. The molecule has 33 heavy (non-hydrogen) atoms. The molecule has 1 unspecified atom stereocenters. The van der Waals surface area contributed by atoms with Crippen molar-refractivity contribution in [3.05, 3.63) is 71.6 Å². The Hall–Kier alpha value is -3.30. The number of aromatic amines is 1. The van der Waals surface area contributed by atoms with Crippen LogP contribution < -0.4 is 5.32 Å². The van der Waals surface area contributed by atoms with E-state index in [-0.39, 0.29) is 5.82 Å². The summed E-state index contributed by atoms with van der Waals surface area (Å²) in [5.74, 6) is 1.51. The van der Waals surface area contributed by atoms with Gasteiger partial charge in [-0.05, 0) is 69.1 Å². The molecular weight excluding hydrogens is 421 g/mol. The Balaban J connectivity index is 1.42. The first-order valence-corrected chi connectivity index (χ1v) is 11.4. The van der Waals surface area contributed by atoms with Gasteiger partial charge in [0.2, 0.25) is 0 Å². The zero-order chi connectivity index (χ0) is 22.6. The van der Waals surface area contributed by atoms with Crippen molar-refractivity contribution in [2.24, 2.45) is 0 Å². The smallest absolute Gasteiger partial charge is 0.184 e. The lowest BCUT2D eigenvalue weighted by Crippen LogP contribution is -2.22. The van der Waals surface area contributed by atoms with Crippen LogP contribution in [0.4, 0.5) is 16.0 Å². The van der Waals surface area contributed by atoms with Gasteiger partial charge in [-0.15, -0.1) is 5.10 Å². The molecule has 5 rings (SSSR count). The zero-order valence-electron chi connectivity index (χ0n) is 18.7. The number of nitrogens with zero attached hydrogens (tertiary/aromatic N) is 5. The van der Waals surface area contributed by atoms with Gasteiger partial charge in [-0.2, -0.15) is 5.10 Å². The maximum absolute atomic E-state index is 13.6. The molecule has 1 fully saturated rings. The summed E-state index contributed by atoms with van der Waals surface area (Å²) in [6.07, 6.45) is 4.82. The molecule has 0 radical (unpaired) electrons. The summed E-state index contributed by atoms with van der Waals surface area (Å²) in [5, 5.41) is 15.2. The van der Waals surface area contributed by atoms with E-state index in [1.165, 1.54) is 25.0 Å². The minimum atomic E-state index is -0.516. The molecule has 0 aliphatic carbocycles. The second-order valence-electron chi connectivity index (χ2n) is 8.42. The fraction of sp³-hybridized carbons (Fsp3) is 0.375. The molecule has 4 heterocycles. The second kappa shape index (κ2) is 9.68. The van der Waals surface area contributed by atoms with Crippen LogP contribution in [0.5, 0.6) is 0 Å². The summed E-state index contributed by atoms with van der Waals surface area (Å²) >= 11 is 0. The molecule has 2 N–H and O–H groups in total. The third-order valence-corrected chi connectivity index (χ3v) is 5.87. The van der Waals surface area contributed by atoms with Gasteiger partial charge in [-0.25, -0.2) is 13.9 Å². The van der Waals surface area contributed by atoms with Crippen LogP contribution in [0.1, 0.15) is 42.4 Å². The van der Waals surface area contributed by atoms with Crippen molar-refractivity contribution in [2.45, 2.75) is 32.3 Å². The Kier molecular flexibility index (Phi) is 6.32. The first-order valence-electron chi connectivity index (χ1n) is 11.4. The second-order valence-corrected chi connectivity index (χ2v) is 8.42. The third-order valence-electron chi connectivity index (χ3n) is 5.87. The highest BCUT2D eigenvalue weighted by Crippen LogP contribution is 2.27. The van der Waals surface area contributed by atoms with Crippen LogP contribution in [-0.2, 0) is 4.74 Å². The number of benzene rings is 1. The van der Waals surface area contributed by atoms with E-state index >= 15 is 0 Å². The van der Waals surface area contributed by atoms with Crippen molar-refractivity contribution in [1.82, 2.24) is 29.7 Å². The molecule has 0 saturated carbocycles. The minimum Gasteiger partial charge on any atom is -0.365 e. The summed E-state index contributed by atoms with van der Waals surface area (Å²) in [5.41, 5.74) is 2.58. The van der Waals surface area contributed by atoms with E-state index < -0.39 is 6.10 Å². The lowest BCUT2D eigenvalue weighted by atomic mass is 10.1. The van der Waals surface area contributed by atoms with Crippen LogP contribution in [0, 0.1) is 12.7 Å². The Bertz CT molecular complexity index is 1200. The minimum absolute atomic E-state index is 0.287. The molecule has 1 saturated heterocycles. The Morgan fingerprint density at radius 3 is 2.76 bits per heavy atom. The fourth-order valence-electron chi connectivity index (χ4n) is 4.21. The monoisotopic (exact) mass is 449 g/mol. The van der Waals surface area contributed by atoms with Gasteiger partial charge in [0.15, 0.2) is 17.5 Å². The molecule has 1 atom stereocenters. The van der Waals surface area contributed by atoms with Crippen molar-refractivity contribution in [1.29, 1.82) is 0 Å². The van der Waals surface area contributed by atoms with Gasteiger partial charge in [0.1, 0.15) is 17.4 Å². The predicted molar refractivity (Wildman–Crippen MR) is 124 cm³/mol. The number of hydrogen-bond donors (Lipinski definition) is 2. The first kappa shape index (κ1) is 21.5. The number of aryl methyl sites for hydroxylation is 1. The maximum Gasteiger partial charge on any atom is 0.184 e. The molecule has 0 spiro atoms. The van der Waals surface area contributed by atoms with E-state index in [1.807, 2.05) is 31.3 Å². The fourth-order valence-corrected chi connectivity index (χ4v) is 4.21. The largest absolute Gasteiger partial charge is 0.365 e. The van der Waals surface area contributed by atoms with Gasteiger partial charge >= 0.3 is 0 Å². The Labute approximate surface area is 191 Å². The summed E-state index contributed by atoms with van der Waals surface area (Å²) in [6.45, 7) is 5.84. The van der Waals surface area contributed by atoms with E-state index in [1.54, 1.807) is 16.6 Å². The van der Waals surface area contributed by atoms with Gasteiger partial charge in [-0.1, -0.05) is 12.1 Å². The highest BCUT2D eigenvalue weighted by atomic mass is 19.1. The third kappa shape index (κ3) is 5.04. The SMILES string of the molecule is Cc1cc(Nc2nc(C(OCCCN3CCCC3)c3ccc(F)cc3)nn3cccc23)n[nH]1. The average Bonchev–Trinajstić information content (AvgIpc) is 3.57. The molecule has 0 amide bonds. The summed E-state index contributed by atoms with van der Waals surface area (Å²) in [6, 6.07) is 12.1. The highest BCUT2D eigenvalue weighted by molar-refractivity contribution is 5.72. The molecule has 1 aliphatic heterocycles. The van der Waals surface area contributed by atoms with E-state index in [0.717, 1.165) is 42.8 Å². The number of anilines is 2. The number of fused-ring (bicyclic) bond motifs is 1. The maximum atomic E-state index is 13.6. The number of aromatic nitrogens is 5. The topological polar surface area (TPSA) is 83.4 Å². The molecule has 0 bridgehead atoms. The standard InChI is InChI=1S/C24H28FN7O/c1-17-16-21(29-28-17)26-23-20-6-4-14-32(20)30-24(27-23)22(18-7-9-19(25)10-8-18)33-15-5-13-31-11-2-3-12-31/h4,6-10,14,16,22H,2-3,5,11-13,15H2,1H3,(H2,26,27,28,29,30). The summed E-state index contributed by atoms with van der Waals surface area (Å²) in [7, 11) is 0. The van der Waals surface area contributed by atoms with Gasteiger partial charge in [-0.3, -0.25) is 5.10 Å². The van der Waals surface area contributed by atoms with E-state index in [4.69, 9.17) is 14.8 Å². The van der Waals surface area contributed by atoms with Crippen LogP contribution >= 0.6 is 0 Å². The van der Waals surface area contributed by atoms with E-state index in [2.05, 4.69) is 20.4 Å². The summed E-state index contributed by atoms with van der Waals surface area (Å²) < 4.78 is 21.7. The van der Waals surface area contributed by atoms with Gasteiger partial charge in [0.25, 0.3) is 0 Å². The van der Waals surface area contributed by atoms with E-state index in [9.17, 15) is 4.39 Å². The number of H-pyrrole nitrogens is 1.